The fourth-order valence-corrected chi connectivity index (χ4v) is 5.71. The quantitative estimate of drug-likeness (QED) is 0.242. The van der Waals surface area contributed by atoms with E-state index in [9.17, 15) is 13.2 Å². The molecule has 2 heterocycles. The molecule has 1 aliphatic heterocycles. The van der Waals surface area contributed by atoms with Gasteiger partial charge in [-0.3, -0.25) is 4.79 Å². The molecule has 1 saturated heterocycles. The monoisotopic (exact) mass is 599 g/mol. The summed E-state index contributed by atoms with van der Waals surface area (Å²) in [6, 6.07) is 10.4. The van der Waals surface area contributed by atoms with Crippen LogP contribution in [0.15, 0.2) is 60.1 Å². The number of methoxy groups -OCH3 is 1. The van der Waals surface area contributed by atoms with Crippen LogP contribution in [-0.2, 0) is 14.6 Å². The molecular weight excluding hydrogens is 566 g/mol. The first-order valence-electron chi connectivity index (χ1n) is 13.1. The van der Waals surface area contributed by atoms with Crippen molar-refractivity contribution in [2.24, 2.45) is 0 Å². The van der Waals surface area contributed by atoms with Gasteiger partial charge in [-0.2, -0.15) is 4.98 Å². The molecule has 11 nitrogen and oxygen atoms in total. The number of nitrogens with one attached hydrogen (secondary N) is 4. The number of halogens is 1. The highest BCUT2D eigenvalue weighted by molar-refractivity contribution is 7.92. The second-order valence-electron chi connectivity index (χ2n) is 9.79. The van der Waals surface area contributed by atoms with E-state index in [1.54, 1.807) is 45.2 Å². The molecule has 4 N–H and O–H groups in total. The molecule has 218 valence electrons. The summed E-state index contributed by atoms with van der Waals surface area (Å²) in [7, 11) is -2.02. The van der Waals surface area contributed by atoms with Gasteiger partial charge in [0, 0.05) is 31.7 Å². The number of ether oxygens (including phenoxy) is 1. The first-order chi connectivity index (χ1) is 19.5. The van der Waals surface area contributed by atoms with E-state index >= 15 is 0 Å². The molecule has 0 aliphatic carbocycles. The van der Waals surface area contributed by atoms with Gasteiger partial charge in [0.15, 0.2) is 15.7 Å². The summed E-state index contributed by atoms with van der Waals surface area (Å²) >= 11 is 6.40. The Bertz CT molecular complexity index is 1550. The number of hydrogen-bond acceptors (Lipinski definition) is 10. The van der Waals surface area contributed by atoms with E-state index in [2.05, 4.69) is 49.6 Å². The van der Waals surface area contributed by atoms with E-state index in [0.717, 1.165) is 25.3 Å². The number of anilines is 6. The normalized spacial score (nSPS) is 15.4. The molecule has 3 aromatic rings. The third-order valence-electron chi connectivity index (χ3n) is 6.53. The van der Waals surface area contributed by atoms with Gasteiger partial charge in [-0.1, -0.05) is 30.3 Å². The predicted molar refractivity (Wildman–Crippen MR) is 164 cm³/mol. The van der Waals surface area contributed by atoms with Crippen LogP contribution in [0.2, 0.25) is 5.02 Å². The fourth-order valence-electron chi connectivity index (χ4n) is 4.37. The van der Waals surface area contributed by atoms with Crippen molar-refractivity contribution in [1.82, 2.24) is 15.3 Å². The van der Waals surface area contributed by atoms with Crippen molar-refractivity contribution in [3.63, 3.8) is 0 Å². The minimum Gasteiger partial charge on any atom is -0.494 e. The van der Waals surface area contributed by atoms with Crippen molar-refractivity contribution >= 4 is 61.9 Å². The molecule has 0 saturated carbocycles. The van der Waals surface area contributed by atoms with Gasteiger partial charge in [-0.15, -0.1) is 0 Å². The van der Waals surface area contributed by atoms with Crippen LogP contribution in [0.1, 0.15) is 20.8 Å². The summed E-state index contributed by atoms with van der Waals surface area (Å²) in [4.78, 5) is 23.4. The van der Waals surface area contributed by atoms with Crippen molar-refractivity contribution in [1.29, 1.82) is 0 Å². The average molecular weight is 600 g/mol. The zero-order valence-corrected chi connectivity index (χ0v) is 24.9. The topological polar surface area (TPSA) is 138 Å². The minimum absolute atomic E-state index is 0.140. The summed E-state index contributed by atoms with van der Waals surface area (Å²) in [5.41, 5.74) is 2.20. The van der Waals surface area contributed by atoms with Crippen LogP contribution >= 0.6 is 11.6 Å². The van der Waals surface area contributed by atoms with E-state index in [1.807, 2.05) is 6.07 Å². The van der Waals surface area contributed by atoms with Gasteiger partial charge in [-0.25, -0.2) is 13.4 Å². The summed E-state index contributed by atoms with van der Waals surface area (Å²) in [6.07, 6.45) is 2.61. The highest BCUT2D eigenvalue weighted by Gasteiger charge is 2.24. The summed E-state index contributed by atoms with van der Waals surface area (Å²) < 4.78 is 31.5. The van der Waals surface area contributed by atoms with Gasteiger partial charge < -0.3 is 30.9 Å². The Kier molecular flexibility index (Phi) is 9.36. The number of hydrogen-bond donors (Lipinski definition) is 4. The number of carbonyl (C=O) groups excluding carboxylic acids is 1. The Labute approximate surface area is 245 Å². The molecule has 0 bridgehead atoms. The second-order valence-corrected chi connectivity index (χ2v) is 12.7. The standard InChI is InChI=1S/C28H34ClN7O4S/c1-6-26(37)32-21-13-22(24(40-5)14-23(21)36-12-11-30-18(4)16-36)34-28-31-15-19(29)27(35-28)33-20-9-7-8-10-25(20)41(38,39)17(2)3/h6-10,13-15,17-18,30H,1,11-12,16H2,2-5H3,(H,32,37)(H2,31,33,34,35). The van der Waals surface area contributed by atoms with Gasteiger partial charge in [-0.05, 0) is 45.0 Å². The molecule has 2 aromatic carbocycles. The Morgan fingerprint density at radius 2 is 1.98 bits per heavy atom. The maximum atomic E-state index is 12.9. The van der Waals surface area contributed by atoms with Crippen LogP contribution < -0.4 is 30.9 Å². The maximum Gasteiger partial charge on any atom is 0.247 e. The lowest BCUT2D eigenvalue weighted by atomic mass is 10.1. The van der Waals surface area contributed by atoms with Crippen LogP contribution in [0.5, 0.6) is 5.75 Å². The second kappa shape index (κ2) is 12.8. The number of benzene rings is 2. The number of para-hydroxylation sites is 1. The molecule has 1 aromatic heterocycles. The molecule has 0 radical (unpaired) electrons. The summed E-state index contributed by atoms with van der Waals surface area (Å²) in [5, 5.41) is 12.1. The Morgan fingerprint density at radius 1 is 1.22 bits per heavy atom. The van der Waals surface area contributed by atoms with Gasteiger partial charge in [0.05, 0.1) is 46.2 Å². The molecule has 41 heavy (non-hydrogen) atoms. The third kappa shape index (κ3) is 6.89. The van der Waals surface area contributed by atoms with Crippen molar-refractivity contribution in [3.8, 4) is 5.75 Å². The van der Waals surface area contributed by atoms with E-state index < -0.39 is 15.1 Å². The number of sulfone groups is 1. The predicted octanol–water partition coefficient (Wildman–Crippen LogP) is 4.73. The van der Waals surface area contributed by atoms with Gasteiger partial charge in [0.2, 0.25) is 11.9 Å². The lowest BCUT2D eigenvalue weighted by Crippen LogP contribution is -2.49. The zero-order valence-electron chi connectivity index (χ0n) is 23.4. The van der Waals surface area contributed by atoms with Gasteiger partial charge in [0.25, 0.3) is 0 Å². The molecule has 13 heteroatoms. The molecule has 1 unspecified atom stereocenters. The fraction of sp³-hybridized carbons (Fsp3) is 0.321. The van der Waals surface area contributed by atoms with Crippen molar-refractivity contribution in [2.75, 3.05) is 47.6 Å². The molecule has 4 rings (SSSR count). The van der Waals surface area contributed by atoms with E-state index in [4.69, 9.17) is 16.3 Å². The van der Waals surface area contributed by atoms with E-state index in [1.165, 1.54) is 18.3 Å². The number of nitrogens with zero attached hydrogens (tertiary/aromatic N) is 3. The maximum absolute atomic E-state index is 12.9. The van der Waals surface area contributed by atoms with Crippen LogP contribution in [-0.4, -0.2) is 62.3 Å². The lowest BCUT2D eigenvalue weighted by molar-refractivity contribution is -0.111. The summed E-state index contributed by atoms with van der Waals surface area (Å²) in [5.74, 6) is 0.532. The molecule has 1 atom stereocenters. The van der Waals surface area contributed by atoms with Crippen molar-refractivity contribution in [3.05, 3.63) is 60.3 Å². The van der Waals surface area contributed by atoms with Gasteiger partial charge >= 0.3 is 0 Å². The third-order valence-corrected chi connectivity index (χ3v) is 9.02. The molecule has 1 aliphatic rings. The molecule has 0 spiro atoms. The van der Waals surface area contributed by atoms with E-state index in [-0.39, 0.29) is 33.6 Å². The smallest absolute Gasteiger partial charge is 0.247 e. The number of piperazine rings is 1. The van der Waals surface area contributed by atoms with Crippen LogP contribution in [0.25, 0.3) is 0 Å². The van der Waals surface area contributed by atoms with Crippen LogP contribution in [0.4, 0.5) is 34.5 Å². The number of aromatic nitrogens is 2. The first-order valence-corrected chi connectivity index (χ1v) is 15.0. The highest BCUT2D eigenvalue weighted by Crippen LogP contribution is 2.39. The zero-order chi connectivity index (χ0) is 29.7. The van der Waals surface area contributed by atoms with Crippen LogP contribution in [0.3, 0.4) is 0 Å². The largest absolute Gasteiger partial charge is 0.494 e. The SMILES string of the molecule is C=CC(=O)Nc1cc(Nc2ncc(Cl)c(Nc3ccccc3S(=O)(=O)C(C)C)n2)c(OC)cc1N1CCNC(C)C1. The first kappa shape index (κ1) is 30.1. The van der Waals surface area contributed by atoms with Crippen LogP contribution in [0, 0.1) is 0 Å². The van der Waals surface area contributed by atoms with Gasteiger partial charge in [0.1, 0.15) is 10.8 Å². The molecule has 1 amide bonds. The number of rotatable bonds is 10. The number of amides is 1. The highest BCUT2D eigenvalue weighted by atomic mass is 35.5. The minimum atomic E-state index is -3.57. The Balaban J connectivity index is 1.70. The van der Waals surface area contributed by atoms with Crippen molar-refractivity contribution in [2.45, 2.75) is 37.0 Å². The van der Waals surface area contributed by atoms with Crippen molar-refractivity contribution < 1.29 is 17.9 Å². The lowest BCUT2D eigenvalue weighted by Gasteiger charge is -2.35. The number of carbonyl (C=O) groups is 1. The average Bonchev–Trinajstić information content (AvgIpc) is 2.95. The van der Waals surface area contributed by atoms with E-state index in [0.29, 0.717) is 22.8 Å². The Morgan fingerprint density at radius 3 is 2.66 bits per heavy atom. The molecular formula is C28H34ClN7O4S. The Hall–Kier alpha value is -3.87. The molecule has 1 fully saturated rings. The summed E-state index contributed by atoms with van der Waals surface area (Å²) in [6.45, 7) is 11.2.